The molecular formula is C13H23Cl2N3O. The van der Waals surface area contributed by atoms with E-state index in [9.17, 15) is 4.79 Å². The molecule has 0 spiro atoms. The van der Waals surface area contributed by atoms with Crippen LogP contribution < -0.4 is 11.1 Å². The minimum absolute atomic E-state index is 0. The number of nitrogens with two attached hydrogens (primary N) is 1. The third-order valence-electron chi connectivity index (χ3n) is 3.04. The van der Waals surface area contributed by atoms with Crippen LogP contribution in [0.25, 0.3) is 0 Å². The third-order valence-corrected chi connectivity index (χ3v) is 3.04. The molecule has 4 nitrogen and oxygen atoms in total. The van der Waals surface area contributed by atoms with E-state index in [4.69, 9.17) is 5.73 Å². The van der Waals surface area contributed by atoms with Crippen molar-refractivity contribution in [3.8, 4) is 0 Å². The number of anilines is 1. The maximum absolute atomic E-state index is 11.9. The van der Waals surface area contributed by atoms with Crippen LogP contribution >= 0.6 is 24.8 Å². The molecular weight excluding hydrogens is 285 g/mol. The van der Waals surface area contributed by atoms with E-state index >= 15 is 0 Å². The van der Waals surface area contributed by atoms with Crippen molar-refractivity contribution in [3.63, 3.8) is 0 Å². The van der Waals surface area contributed by atoms with Crippen LogP contribution in [0.4, 0.5) is 5.69 Å². The number of benzene rings is 1. The molecule has 1 aromatic rings. The number of carbonyl (C=O) groups excluding carboxylic acids is 1. The van der Waals surface area contributed by atoms with Crippen LogP contribution in [0.5, 0.6) is 0 Å². The molecule has 0 aliphatic heterocycles. The fraction of sp³-hybridized carbons (Fsp3) is 0.462. The highest BCUT2D eigenvalue weighted by molar-refractivity contribution is 5.95. The molecule has 0 aliphatic carbocycles. The molecule has 0 unspecified atom stereocenters. The van der Waals surface area contributed by atoms with Gasteiger partial charge in [0.2, 0.25) is 0 Å². The van der Waals surface area contributed by atoms with Crippen LogP contribution in [0.3, 0.4) is 0 Å². The molecule has 6 heteroatoms. The Kier molecular flexibility index (Phi) is 8.84. The van der Waals surface area contributed by atoms with Gasteiger partial charge in [-0.3, -0.25) is 4.79 Å². The van der Waals surface area contributed by atoms with Gasteiger partial charge < -0.3 is 16.0 Å². The highest BCUT2D eigenvalue weighted by Gasteiger charge is 2.21. The molecule has 110 valence electrons. The Bertz CT molecular complexity index is 409. The van der Waals surface area contributed by atoms with E-state index in [1.54, 1.807) is 24.3 Å². The van der Waals surface area contributed by atoms with Crippen molar-refractivity contribution >= 4 is 36.4 Å². The average Bonchev–Trinajstić information content (AvgIpc) is 2.25. The van der Waals surface area contributed by atoms with Crippen LogP contribution in [0.2, 0.25) is 0 Å². The normalized spacial score (nSPS) is 10.4. The largest absolute Gasteiger partial charge is 0.399 e. The highest BCUT2D eigenvalue weighted by atomic mass is 35.5. The van der Waals surface area contributed by atoms with Crippen molar-refractivity contribution in [3.05, 3.63) is 29.8 Å². The van der Waals surface area contributed by atoms with Gasteiger partial charge in [-0.1, -0.05) is 6.07 Å². The summed E-state index contributed by atoms with van der Waals surface area (Å²) in [5, 5.41) is 2.91. The molecule has 0 saturated heterocycles. The fourth-order valence-corrected chi connectivity index (χ4v) is 1.24. The standard InChI is InChI=1S/C13H21N3O.2ClH/c1-13(2,16(3)4)9-15-12(17)10-6-5-7-11(14)8-10;;/h5-8H,9,14H2,1-4H3,(H,15,17);2*1H. The monoisotopic (exact) mass is 307 g/mol. The fourth-order valence-electron chi connectivity index (χ4n) is 1.24. The minimum Gasteiger partial charge on any atom is -0.399 e. The van der Waals surface area contributed by atoms with E-state index < -0.39 is 0 Å². The number of rotatable bonds is 4. The van der Waals surface area contributed by atoms with Gasteiger partial charge in [-0.15, -0.1) is 24.8 Å². The zero-order valence-electron chi connectivity index (χ0n) is 11.8. The number of hydrogen-bond donors (Lipinski definition) is 2. The van der Waals surface area contributed by atoms with Crippen LogP contribution in [0.1, 0.15) is 24.2 Å². The molecule has 1 aromatic carbocycles. The second kappa shape index (κ2) is 8.25. The Labute approximate surface area is 127 Å². The lowest BCUT2D eigenvalue weighted by molar-refractivity contribution is 0.0919. The number of carbonyl (C=O) groups is 1. The summed E-state index contributed by atoms with van der Waals surface area (Å²) < 4.78 is 0. The average molecular weight is 308 g/mol. The lowest BCUT2D eigenvalue weighted by atomic mass is 10.0. The topological polar surface area (TPSA) is 58.4 Å². The Morgan fingerprint density at radius 2 is 1.89 bits per heavy atom. The first-order valence-electron chi connectivity index (χ1n) is 5.64. The van der Waals surface area contributed by atoms with E-state index in [0.29, 0.717) is 17.8 Å². The van der Waals surface area contributed by atoms with E-state index in [2.05, 4.69) is 24.1 Å². The number of nitrogens with zero attached hydrogens (tertiary/aromatic N) is 1. The number of likely N-dealkylation sites (N-methyl/N-ethyl adjacent to an activating group) is 1. The first kappa shape index (κ1) is 20.3. The summed E-state index contributed by atoms with van der Waals surface area (Å²) in [6.07, 6.45) is 0. The molecule has 1 rings (SSSR count). The summed E-state index contributed by atoms with van der Waals surface area (Å²) >= 11 is 0. The van der Waals surface area contributed by atoms with Gasteiger partial charge in [0.25, 0.3) is 5.91 Å². The van der Waals surface area contributed by atoms with Crippen LogP contribution in [-0.2, 0) is 0 Å². The van der Waals surface area contributed by atoms with Gasteiger partial charge in [0, 0.05) is 23.3 Å². The molecule has 0 bridgehead atoms. The summed E-state index contributed by atoms with van der Waals surface area (Å²) in [6.45, 7) is 4.74. The van der Waals surface area contributed by atoms with Crippen LogP contribution in [0, 0.1) is 0 Å². The molecule has 0 aromatic heterocycles. The molecule has 0 heterocycles. The second-order valence-electron chi connectivity index (χ2n) is 5.02. The van der Waals surface area contributed by atoms with Gasteiger partial charge in [0.15, 0.2) is 0 Å². The Morgan fingerprint density at radius 3 is 2.37 bits per heavy atom. The van der Waals surface area contributed by atoms with Gasteiger partial charge in [0.1, 0.15) is 0 Å². The number of nitrogens with one attached hydrogen (secondary N) is 1. The van der Waals surface area contributed by atoms with Crippen molar-refractivity contribution in [2.75, 3.05) is 26.4 Å². The summed E-state index contributed by atoms with van der Waals surface area (Å²) in [7, 11) is 3.99. The highest BCUT2D eigenvalue weighted by Crippen LogP contribution is 2.10. The molecule has 0 fully saturated rings. The summed E-state index contributed by atoms with van der Waals surface area (Å²) in [5.41, 5.74) is 6.76. The maximum atomic E-state index is 11.9. The predicted octanol–water partition coefficient (Wildman–Crippen LogP) is 2.18. The Hall–Kier alpha value is -0.970. The van der Waals surface area contributed by atoms with Gasteiger partial charge in [-0.05, 0) is 46.1 Å². The summed E-state index contributed by atoms with van der Waals surface area (Å²) in [5.74, 6) is -0.0905. The van der Waals surface area contributed by atoms with E-state index in [-0.39, 0.29) is 36.3 Å². The lowest BCUT2D eigenvalue weighted by Gasteiger charge is -2.32. The first-order valence-corrected chi connectivity index (χ1v) is 5.64. The molecule has 0 radical (unpaired) electrons. The van der Waals surface area contributed by atoms with Crippen LogP contribution in [0.15, 0.2) is 24.3 Å². The molecule has 0 saturated carbocycles. The van der Waals surface area contributed by atoms with E-state index in [1.165, 1.54) is 0 Å². The summed E-state index contributed by atoms with van der Waals surface area (Å²) in [4.78, 5) is 14.0. The first-order chi connectivity index (χ1) is 7.83. The van der Waals surface area contributed by atoms with Gasteiger partial charge >= 0.3 is 0 Å². The predicted molar refractivity (Wildman–Crippen MR) is 85.4 cm³/mol. The zero-order valence-corrected chi connectivity index (χ0v) is 13.4. The smallest absolute Gasteiger partial charge is 0.251 e. The number of nitrogen functional groups attached to an aromatic ring is 1. The van der Waals surface area contributed by atoms with E-state index in [0.717, 1.165) is 0 Å². The second-order valence-corrected chi connectivity index (χ2v) is 5.02. The van der Waals surface area contributed by atoms with Gasteiger partial charge in [0.05, 0.1) is 0 Å². The molecule has 1 amide bonds. The van der Waals surface area contributed by atoms with Crippen molar-refractivity contribution in [2.24, 2.45) is 0 Å². The zero-order chi connectivity index (χ0) is 13.1. The Balaban J connectivity index is 0. The van der Waals surface area contributed by atoms with Crippen molar-refractivity contribution < 1.29 is 4.79 Å². The molecule has 0 aliphatic rings. The Morgan fingerprint density at radius 1 is 1.32 bits per heavy atom. The number of halogens is 2. The SMILES string of the molecule is CN(C)C(C)(C)CNC(=O)c1cccc(N)c1.Cl.Cl. The van der Waals surface area contributed by atoms with Crippen LogP contribution in [-0.4, -0.2) is 37.0 Å². The van der Waals surface area contributed by atoms with Gasteiger partial charge in [-0.25, -0.2) is 0 Å². The van der Waals surface area contributed by atoms with Crippen molar-refractivity contribution in [1.82, 2.24) is 10.2 Å². The van der Waals surface area contributed by atoms with E-state index in [1.807, 2.05) is 14.1 Å². The lowest BCUT2D eigenvalue weighted by Crippen LogP contribution is -2.48. The third kappa shape index (κ3) is 6.14. The molecule has 0 atom stereocenters. The summed E-state index contributed by atoms with van der Waals surface area (Å²) in [6, 6.07) is 6.98. The number of amides is 1. The maximum Gasteiger partial charge on any atom is 0.251 e. The minimum atomic E-state index is -0.0905. The van der Waals surface area contributed by atoms with Crippen molar-refractivity contribution in [2.45, 2.75) is 19.4 Å². The number of hydrogen-bond acceptors (Lipinski definition) is 3. The quantitative estimate of drug-likeness (QED) is 0.838. The van der Waals surface area contributed by atoms with Gasteiger partial charge in [-0.2, -0.15) is 0 Å². The molecule has 3 N–H and O–H groups in total. The van der Waals surface area contributed by atoms with Crippen molar-refractivity contribution in [1.29, 1.82) is 0 Å². The molecule has 19 heavy (non-hydrogen) atoms.